The van der Waals surface area contributed by atoms with Crippen molar-refractivity contribution in [3.63, 3.8) is 0 Å². The van der Waals surface area contributed by atoms with Crippen LogP contribution in [0.5, 0.6) is 0 Å². The monoisotopic (exact) mass is 341 g/mol. The maximum Gasteiger partial charge on any atom is 0.410 e. The predicted octanol–water partition coefficient (Wildman–Crippen LogP) is 3.76. The molecule has 1 atom stereocenters. The van der Waals surface area contributed by atoms with Crippen molar-refractivity contribution in [2.45, 2.75) is 32.4 Å². The van der Waals surface area contributed by atoms with E-state index in [4.69, 9.17) is 9.47 Å². The van der Waals surface area contributed by atoms with E-state index in [1.165, 1.54) is 0 Å². The minimum Gasteiger partial charge on any atom is -0.444 e. The molecule has 2 rings (SSSR count). The zero-order valence-electron chi connectivity index (χ0n) is 12.1. The van der Waals surface area contributed by atoms with Gasteiger partial charge in [0.15, 0.2) is 0 Å². The Morgan fingerprint density at radius 3 is 2.75 bits per heavy atom. The topological polar surface area (TPSA) is 38.8 Å². The molecule has 0 aromatic heterocycles. The molecule has 0 saturated carbocycles. The van der Waals surface area contributed by atoms with Crippen LogP contribution in [0.25, 0.3) is 0 Å². The summed E-state index contributed by atoms with van der Waals surface area (Å²) in [7, 11) is 0. The number of carbonyl (C=O) groups excluding carboxylic acids is 1. The zero-order valence-corrected chi connectivity index (χ0v) is 13.6. The number of amides is 1. The van der Waals surface area contributed by atoms with Gasteiger partial charge in [-0.25, -0.2) is 4.79 Å². The van der Waals surface area contributed by atoms with Gasteiger partial charge >= 0.3 is 6.09 Å². The van der Waals surface area contributed by atoms with Gasteiger partial charge in [-0.2, -0.15) is 0 Å². The van der Waals surface area contributed by atoms with Gasteiger partial charge in [-0.15, -0.1) is 0 Å². The summed E-state index contributed by atoms with van der Waals surface area (Å²) in [5.41, 5.74) is 0.548. The average molecular weight is 342 g/mol. The van der Waals surface area contributed by atoms with Crippen LogP contribution in [0.15, 0.2) is 28.7 Å². The molecule has 0 radical (unpaired) electrons. The number of carbonyl (C=O) groups is 1. The Labute approximate surface area is 128 Å². The first kappa shape index (κ1) is 15.3. The average Bonchev–Trinajstić information content (AvgIpc) is 2.37. The molecule has 0 spiro atoms. The van der Waals surface area contributed by atoms with Gasteiger partial charge in [0.25, 0.3) is 0 Å². The van der Waals surface area contributed by atoms with Gasteiger partial charge in [-0.1, -0.05) is 34.1 Å². The summed E-state index contributed by atoms with van der Waals surface area (Å²) in [6, 6.07) is 7.77. The van der Waals surface area contributed by atoms with Crippen LogP contribution in [-0.2, 0) is 9.47 Å². The standard InChI is InChI=1S/C15H20BrNO3/c1-15(2,3)20-14(18)17-8-9-19-10-13(17)11-6-4-5-7-12(11)16/h4-7,13H,8-10H2,1-3H3. The van der Waals surface area contributed by atoms with Crippen molar-refractivity contribution in [2.24, 2.45) is 0 Å². The van der Waals surface area contributed by atoms with Crippen molar-refractivity contribution < 1.29 is 14.3 Å². The molecular formula is C15H20BrNO3. The molecule has 1 aliphatic rings. The van der Waals surface area contributed by atoms with Crippen LogP contribution in [0.4, 0.5) is 4.79 Å². The van der Waals surface area contributed by atoms with Gasteiger partial charge < -0.3 is 9.47 Å². The lowest BCUT2D eigenvalue weighted by Crippen LogP contribution is -2.45. The normalized spacial score (nSPS) is 19.8. The number of nitrogens with zero attached hydrogens (tertiary/aromatic N) is 1. The third kappa shape index (κ3) is 3.73. The van der Waals surface area contributed by atoms with Crippen LogP contribution in [0, 0.1) is 0 Å². The number of halogens is 1. The van der Waals surface area contributed by atoms with Crippen LogP contribution in [0.3, 0.4) is 0 Å². The highest BCUT2D eigenvalue weighted by Gasteiger charge is 2.32. The predicted molar refractivity (Wildman–Crippen MR) is 80.6 cm³/mol. The maximum atomic E-state index is 12.3. The van der Waals surface area contributed by atoms with Crippen molar-refractivity contribution in [1.29, 1.82) is 0 Å². The highest BCUT2D eigenvalue weighted by atomic mass is 79.9. The van der Waals surface area contributed by atoms with Crippen molar-refractivity contribution >= 4 is 22.0 Å². The van der Waals surface area contributed by atoms with E-state index in [0.717, 1.165) is 10.0 Å². The van der Waals surface area contributed by atoms with E-state index in [1.54, 1.807) is 4.90 Å². The Bertz CT molecular complexity index is 484. The minimum atomic E-state index is -0.492. The summed E-state index contributed by atoms with van der Waals surface area (Å²) in [6.07, 6.45) is -0.290. The van der Waals surface area contributed by atoms with Gasteiger partial charge in [0.2, 0.25) is 0 Å². The van der Waals surface area contributed by atoms with Crippen molar-refractivity contribution in [3.05, 3.63) is 34.3 Å². The van der Waals surface area contributed by atoms with Gasteiger partial charge in [-0.3, -0.25) is 4.90 Å². The summed E-state index contributed by atoms with van der Waals surface area (Å²) < 4.78 is 12.0. The highest BCUT2D eigenvalue weighted by Crippen LogP contribution is 2.31. The number of morpholine rings is 1. The number of rotatable bonds is 1. The molecule has 0 N–H and O–H groups in total. The molecule has 1 amide bonds. The molecule has 0 bridgehead atoms. The van der Waals surface area contributed by atoms with Crippen LogP contribution >= 0.6 is 15.9 Å². The largest absolute Gasteiger partial charge is 0.444 e. The van der Waals surface area contributed by atoms with Gasteiger partial charge in [-0.05, 0) is 32.4 Å². The molecule has 1 aliphatic heterocycles. The van der Waals surface area contributed by atoms with Gasteiger partial charge in [0.1, 0.15) is 5.60 Å². The molecule has 110 valence electrons. The van der Waals surface area contributed by atoms with Crippen molar-refractivity contribution in [2.75, 3.05) is 19.8 Å². The zero-order chi connectivity index (χ0) is 14.8. The molecule has 1 aromatic rings. The summed E-state index contributed by atoms with van der Waals surface area (Å²) in [5, 5.41) is 0. The Morgan fingerprint density at radius 1 is 1.40 bits per heavy atom. The van der Waals surface area contributed by atoms with E-state index in [2.05, 4.69) is 15.9 Å². The first-order chi connectivity index (χ1) is 9.38. The van der Waals surface area contributed by atoms with Gasteiger partial charge in [0, 0.05) is 11.0 Å². The lowest BCUT2D eigenvalue weighted by Gasteiger charge is -2.37. The number of hydrogen-bond donors (Lipinski definition) is 0. The van der Waals surface area contributed by atoms with Crippen LogP contribution in [-0.4, -0.2) is 36.4 Å². The first-order valence-electron chi connectivity index (χ1n) is 6.70. The SMILES string of the molecule is CC(C)(C)OC(=O)N1CCOCC1c1ccccc1Br. The quantitative estimate of drug-likeness (QED) is 0.780. The van der Waals surface area contributed by atoms with Gasteiger partial charge in [0.05, 0.1) is 19.3 Å². The third-order valence-electron chi connectivity index (χ3n) is 3.02. The highest BCUT2D eigenvalue weighted by molar-refractivity contribution is 9.10. The summed E-state index contributed by atoms with van der Waals surface area (Å²) in [5.74, 6) is 0. The molecule has 1 fully saturated rings. The maximum absolute atomic E-state index is 12.3. The molecule has 1 saturated heterocycles. The number of benzene rings is 1. The molecule has 1 unspecified atom stereocenters. The summed E-state index contributed by atoms with van der Waals surface area (Å²) in [4.78, 5) is 14.1. The Morgan fingerprint density at radius 2 is 2.10 bits per heavy atom. The van der Waals surface area contributed by atoms with Crippen molar-refractivity contribution in [3.8, 4) is 0 Å². The second-order valence-electron chi connectivity index (χ2n) is 5.79. The number of ether oxygens (including phenoxy) is 2. The van der Waals surface area contributed by atoms with E-state index in [0.29, 0.717) is 19.8 Å². The van der Waals surface area contributed by atoms with E-state index in [1.807, 2.05) is 45.0 Å². The fraction of sp³-hybridized carbons (Fsp3) is 0.533. The Kier molecular flexibility index (Phi) is 4.70. The molecule has 4 nitrogen and oxygen atoms in total. The van der Waals surface area contributed by atoms with Crippen LogP contribution in [0.1, 0.15) is 32.4 Å². The fourth-order valence-electron chi connectivity index (χ4n) is 2.15. The molecule has 5 heteroatoms. The lowest BCUT2D eigenvalue weighted by atomic mass is 10.1. The molecule has 1 aromatic carbocycles. The molecular weight excluding hydrogens is 322 g/mol. The first-order valence-corrected chi connectivity index (χ1v) is 7.49. The minimum absolute atomic E-state index is 0.117. The van der Waals surface area contributed by atoms with E-state index >= 15 is 0 Å². The van der Waals surface area contributed by atoms with E-state index in [-0.39, 0.29) is 12.1 Å². The van der Waals surface area contributed by atoms with Crippen molar-refractivity contribution in [1.82, 2.24) is 4.90 Å². The Balaban J connectivity index is 2.22. The third-order valence-corrected chi connectivity index (χ3v) is 3.74. The summed E-state index contributed by atoms with van der Waals surface area (Å²) >= 11 is 3.54. The Hall–Kier alpha value is -1.07. The van der Waals surface area contributed by atoms with Crippen LogP contribution < -0.4 is 0 Å². The molecule has 20 heavy (non-hydrogen) atoms. The summed E-state index contributed by atoms with van der Waals surface area (Å²) in [6.45, 7) is 7.19. The van der Waals surface area contributed by atoms with E-state index < -0.39 is 5.60 Å². The second kappa shape index (κ2) is 6.14. The van der Waals surface area contributed by atoms with Crippen LogP contribution in [0.2, 0.25) is 0 Å². The lowest BCUT2D eigenvalue weighted by molar-refractivity contribution is -0.0332. The molecule has 0 aliphatic carbocycles. The molecule has 1 heterocycles. The fourth-order valence-corrected chi connectivity index (χ4v) is 2.69. The second-order valence-corrected chi connectivity index (χ2v) is 6.64. The smallest absolute Gasteiger partial charge is 0.410 e. The number of hydrogen-bond acceptors (Lipinski definition) is 3. The van der Waals surface area contributed by atoms with E-state index in [9.17, 15) is 4.79 Å².